The van der Waals surface area contributed by atoms with Crippen molar-refractivity contribution in [3.63, 3.8) is 0 Å². The molecule has 110 valence electrons. The van der Waals surface area contributed by atoms with Crippen molar-refractivity contribution >= 4 is 11.9 Å². The molecule has 20 heavy (non-hydrogen) atoms. The first kappa shape index (κ1) is 14.6. The molecule has 1 aliphatic rings. The Balaban J connectivity index is 1.90. The minimum atomic E-state index is -0.859. The fourth-order valence-corrected chi connectivity index (χ4v) is 2.68. The van der Waals surface area contributed by atoms with E-state index in [2.05, 4.69) is 5.32 Å². The highest BCUT2D eigenvalue weighted by molar-refractivity contribution is 5.80. The van der Waals surface area contributed by atoms with Crippen molar-refractivity contribution < 1.29 is 19.1 Å². The summed E-state index contributed by atoms with van der Waals surface area (Å²) in [7, 11) is 0. The average molecular weight is 280 g/mol. The SMILES string of the molecule is CC(NC(=O)CN1CCC(C)C1C(=O)O)c1ccco1. The summed E-state index contributed by atoms with van der Waals surface area (Å²) in [6.45, 7) is 4.48. The first-order valence-electron chi connectivity index (χ1n) is 6.78. The Bertz CT molecular complexity index is 472. The third-order valence-corrected chi connectivity index (χ3v) is 3.75. The topological polar surface area (TPSA) is 82.8 Å². The van der Waals surface area contributed by atoms with Crippen LogP contribution in [0.5, 0.6) is 0 Å². The Kier molecular flexibility index (Phi) is 4.44. The van der Waals surface area contributed by atoms with E-state index in [9.17, 15) is 14.7 Å². The molecule has 2 N–H and O–H groups in total. The van der Waals surface area contributed by atoms with Gasteiger partial charge in [-0.15, -0.1) is 0 Å². The maximum Gasteiger partial charge on any atom is 0.321 e. The van der Waals surface area contributed by atoms with E-state index < -0.39 is 12.0 Å². The maximum absolute atomic E-state index is 12.0. The van der Waals surface area contributed by atoms with Crippen LogP contribution in [0.1, 0.15) is 32.1 Å². The maximum atomic E-state index is 12.0. The quantitative estimate of drug-likeness (QED) is 0.848. The number of furan rings is 1. The molecule has 2 rings (SSSR count). The highest BCUT2D eigenvalue weighted by Gasteiger charge is 2.37. The number of amides is 1. The summed E-state index contributed by atoms with van der Waals surface area (Å²) in [6.07, 6.45) is 2.36. The van der Waals surface area contributed by atoms with Gasteiger partial charge in [-0.1, -0.05) is 6.92 Å². The summed E-state index contributed by atoms with van der Waals surface area (Å²) in [5.41, 5.74) is 0. The number of aliphatic carboxylic acids is 1. The molecule has 1 aliphatic heterocycles. The molecular weight excluding hydrogens is 260 g/mol. The van der Waals surface area contributed by atoms with E-state index >= 15 is 0 Å². The molecule has 1 fully saturated rings. The number of carbonyl (C=O) groups is 2. The van der Waals surface area contributed by atoms with Crippen LogP contribution in [0.15, 0.2) is 22.8 Å². The zero-order chi connectivity index (χ0) is 14.7. The minimum Gasteiger partial charge on any atom is -0.480 e. The average Bonchev–Trinajstić information content (AvgIpc) is 2.98. The molecule has 6 heteroatoms. The summed E-state index contributed by atoms with van der Waals surface area (Å²) in [4.78, 5) is 24.9. The second kappa shape index (κ2) is 6.09. The molecule has 3 unspecified atom stereocenters. The predicted octanol–water partition coefficient (Wildman–Crippen LogP) is 1.25. The molecule has 3 atom stereocenters. The van der Waals surface area contributed by atoms with E-state index in [4.69, 9.17) is 4.42 Å². The van der Waals surface area contributed by atoms with Gasteiger partial charge in [0.05, 0.1) is 18.8 Å². The van der Waals surface area contributed by atoms with E-state index in [0.717, 1.165) is 6.42 Å². The molecule has 0 spiro atoms. The number of nitrogens with zero attached hydrogens (tertiary/aromatic N) is 1. The van der Waals surface area contributed by atoms with Gasteiger partial charge in [0.2, 0.25) is 5.91 Å². The van der Waals surface area contributed by atoms with Crippen molar-refractivity contribution in [2.75, 3.05) is 13.1 Å². The van der Waals surface area contributed by atoms with Gasteiger partial charge in [-0.25, -0.2) is 0 Å². The zero-order valence-corrected chi connectivity index (χ0v) is 11.7. The van der Waals surface area contributed by atoms with Crippen LogP contribution in [0, 0.1) is 5.92 Å². The van der Waals surface area contributed by atoms with Crippen molar-refractivity contribution in [2.24, 2.45) is 5.92 Å². The van der Waals surface area contributed by atoms with Gasteiger partial charge in [0.15, 0.2) is 0 Å². The number of hydrogen-bond acceptors (Lipinski definition) is 4. The number of hydrogen-bond donors (Lipinski definition) is 2. The fourth-order valence-electron chi connectivity index (χ4n) is 2.68. The Hall–Kier alpha value is -1.82. The highest BCUT2D eigenvalue weighted by Crippen LogP contribution is 2.23. The largest absolute Gasteiger partial charge is 0.480 e. The molecule has 0 saturated carbocycles. The highest BCUT2D eigenvalue weighted by atomic mass is 16.4. The molecule has 1 saturated heterocycles. The lowest BCUT2D eigenvalue weighted by Gasteiger charge is -2.23. The normalized spacial score (nSPS) is 24.5. The molecule has 0 radical (unpaired) electrons. The second-order valence-corrected chi connectivity index (χ2v) is 5.32. The predicted molar refractivity (Wildman–Crippen MR) is 72.0 cm³/mol. The summed E-state index contributed by atoms with van der Waals surface area (Å²) in [6, 6.07) is 2.77. The summed E-state index contributed by atoms with van der Waals surface area (Å²) >= 11 is 0. The van der Waals surface area contributed by atoms with Crippen LogP contribution >= 0.6 is 0 Å². The Labute approximate surface area is 117 Å². The molecule has 0 aromatic carbocycles. The van der Waals surface area contributed by atoms with Crippen molar-refractivity contribution in [1.82, 2.24) is 10.2 Å². The number of nitrogens with one attached hydrogen (secondary N) is 1. The third-order valence-electron chi connectivity index (χ3n) is 3.75. The Morgan fingerprint density at radius 2 is 2.35 bits per heavy atom. The van der Waals surface area contributed by atoms with Crippen LogP contribution in [0.25, 0.3) is 0 Å². The van der Waals surface area contributed by atoms with Gasteiger partial charge in [-0.2, -0.15) is 0 Å². The van der Waals surface area contributed by atoms with Crippen molar-refractivity contribution in [1.29, 1.82) is 0 Å². The fraction of sp³-hybridized carbons (Fsp3) is 0.571. The molecule has 0 aliphatic carbocycles. The van der Waals surface area contributed by atoms with Gasteiger partial charge in [-0.05, 0) is 37.9 Å². The Morgan fingerprint density at radius 3 is 2.95 bits per heavy atom. The van der Waals surface area contributed by atoms with Gasteiger partial charge < -0.3 is 14.8 Å². The van der Waals surface area contributed by atoms with E-state index in [1.54, 1.807) is 23.3 Å². The van der Waals surface area contributed by atoms with Crippen LogP contribution in [0.2, 0.25) is 0 Å². The monoisotopic (exact) mass is 280 g/mol. The van der Waals surface area contributed by atoms with Crippen LogP contribution in [0.4, 0.5) is 0 Å². The summed E-state index contributed by atoms with van der Waals surface area (Å²) < 4.78 is 5.22. The molecule has 1 aromatic heterocycles. The molecule has 2 heterocycles. The first-order chi connectivity index (χ1) is 9.49. The Morgan fingerprint density at radius 1 is 1.60 bits per heavy atom. The van der Waals surface area contributed by atoms with Crippen molar-refractivity contribution in [3.8, 4) is 0 Å². The molecule has 1 amide bonds. The van der Waals surface area contributed by atoms with Crippen LogP contribution < -0.4 is 5.32 Å². The second-order valence-electron chi connectivity index (χ2n) is 5.32. The zero-order valence-electron chi connectivity index (χ0n) is 11.7. The lowest BCUT2D eigenvalue weighted by Crippen LogP contribution is -2.45. The van der Waals surface area contributed by atoms with Gasteiger partial charge in [0, 0.05) is 0 Å². The number of carboxylic acid groups (broad SMARTS) is 1. The smallest absolute Gasteiger partial charge is 0.321 e. The van der Waals surface area contributed by atoms with Crippen molar-refractivity contribution in [2.45, 2.75) is 32.4 Å². The van der Waals surface area contributed by atoms with Crippen molar-refractivity contribution in [3.05, 3.63) is 24.2 Å². The molecule has 1 aromatic rings. The van der Waals surface area contributed by atoms with Crippen LogP contribution in [0.3, 0.4) is 0 Å². The van der Waals surface area contributed by atoms with E-state index in [-0.39, 0.29) is 24.4 Å². The lowest BCUT2D eigenvalue weighted by atomic mass is 10.0. The van der Waals surface area contributed by atoms with Gasteiger partial charge >= 0.3 is 5.97 Å². The number of likely N-dealkylation sites (tertiary alicyclic amines) is 1. The lowest BCUT2D eigenvalue weighted by molar-refractivity contribution is -0.143. The number of rotatable bonds is 5. The molecular formula is C14H20N2O4. The van der Waals surface area contributed by atoms with E-state index in [0.29, 0.717) is 12.3 Å². The minimum absolute atomic E-state index is 0.0720. The number of carboxylic acids is 1. The molecule has 0 bridgehead atoms. The molecule has 6 nitrogen and oxygen atoms in total. The summed E-state index contributed by atoms with van der Waals surface area (Å²) in [5, 5.41) is 12.0. The van der Waals surface area contributed by atoms with Gasteiger partial charge in [-0.3, -0.25) is 14.5 Å². The number of carbonyl (C=O) groups excluding carboxylic acids is 1. The van der Waals surface area contributed by atoms with Gasteiger partial charge in [0.25, 0.3) is 0 Å². The van der Waals surface area contributed by atoms with E-state index in [1.165, 1.54) is 0 Å². The summed E-state index contributed by atoms with van der Waals surface area (Å²) in [5.74, 6) is -0.290. The van der Waals surface area contributed by atoms with Crippen LogP contribution in [-0.2, 0) is 9.59 Å². The van der Waals surface area contributed by atoms with Crippen LogP contribution in [-0.4, -0.2) is 41.0 Å². The van der Waals surface area contributed by atoms with E-state index in [1.807, 2.05) is 13.8 Å². The first-order valence-corrected chi connectivity index (χ1v) is 6.78. The third kappa shape index (κ3) is 3.19. The standard InChI is InChI=1S/C14H20N2O4/c1-9-5-6-16(13(9)14(18)19)8-12(17)15-10(2)11-4-3-7-20-11/h3-4,7,9-10,13H,5-6,8H2,1-2H3,(H,15,17)(H,18,19). The van der Waals surface area contributed by atoms with Gasteiger partial charge in [0.1, 0.15) is 11.8 Å².